The van der Waals surface area contributed by atoms with Crippen molar-refractivity contribution in [3.8, 4) is 0 Å². The molecule has 2 bridgehead atoms. The molecular weight excluding hydrogens is 286 g/mol. The number of nitrogens with zero attached hydrogens (tertiary/aromatic N) is 1. The predicted molar refractivity (Wildman–Crippen MR) is 81.1 cm³/mol. The van der Waals surface area contributed by atoms with Crippen LogP contribution in [0, 0.1) is 12.8 Å². The molecule has 116 valence electrons. The first-order chi connectivity index (χ1) is 9.80. The van der Waals surface area contributed by atoms with E-state index in [1.807, 2.05) is 6.92 Å². The van der Waals surface area contributed by atoms with Crippen molar-refractivity contribution in [2.45, 2.75) is 62.9 Å². The van der Waals surface area contributed by atoms with Crippen LogP contribution in [-0.2, 0) is 14.4 Å². The van der Waals surface area contributed by atoms with Crippen LogP contribution >= 0.6 is 0 Å². The molecule has 3 fully saturated rings. The predicted octanol–water partition coefficient (Wildman–Crippen LogP) is 3.27. The fourth-order valence-corrected chi connectivity index (χ4v) is 4.76. The van der Waals surface area contributed by atoms with Gasteiger partial charge in [0.1, 0.15) is 0 Å². The lowest BCUT2D eigenvalue weighted by atomic mass is 9.69. The molecule has 0 atom stereocenters. The van der Waals surface area contributed by atoms with Gasteiger partial charge in [-0.3, -0.25) is 0 Å². The van der Waals surface area contributed by atoms with Crippen molar-refractivity contribution in [1.29, 1.82) is 0 Å². The zero-order chi connectivity index (χ0) is 15.3. The van der Waals surface area contributed by atoms with E-state index in [0.29, 0.717) is 5.92 Å². The zero-order valence-corrected chi connectivity index (χ0v) is 13.7. The summed E-state index contributed by atoms with van der Waals surface area (Å²) in [6, 6.07) is 7.03. The van der Waals surface area contributed by atoms with E-state index in [0.717, 1.165) is 18.4 Å². The lowest BCUT2D eigenvalue weighted by Gasteiger charge is -2.54. The largest absolute Gasteiger partial charge is 0.313 e. The first-order valence-corrected chi connectivity index (χ1v) is 9.02. The number of hydrogen-bond donors (Lipinski definition) is 0. The Balaban J connectivity index is 1.86. The Morgan fingerprint density at radius 2 is 1.67 bits per heavy atom. The first-order valence-electron chi connectivity index (χ1n) is 7.61. The fraction of sp³-hybridized carbons (Fsp3) is 0.625. The van der Waals surface area contributed by atoms with E-state index in [9.17, 15) is 8.42 Å². The molecule has 0 radical (unpaired) electrons. The highest BCUT2D eigenvalue weighted by molar-refractivity contribution is 7.86. The summed E-state index contributed by atoms with van der Waals surface area (Å²) in [6.45, 7) is 6.12. The number of hydroxylamine groups is 2. The fourth-order valence-electron chi connectivity index (χ4n) is 3.68. The molecule has 3 aliphatic rings. The van der Waals surface area contributed by atoms with Crippen molar-refractivity contribution in [1.82, 2.24) is 5.06 Å². The first kappa shape index (κ1) is 15.0. The summed E-state index contributed by atoms with van der Waals surface area (Å²) >= 11 is 0. The average Bonchev–Trinajstić information content (AvgIpc) is 2.44. The molecule has 0 spiro atoms. The molecular formula is C16H23NO3S. The van der Waals surface area contributed by atoms with Crippen LogP contribution in [-0.4, -0.2) is 25.1 Å². The Bertz CT molecular complexity index is 613. The van der Waals surface area contributed by atoms with Crippen molar-refractivity contribution in [3.05, 3.63) is 29.8 Å². The van der Waals surface area contributed by atoms with E-state index >= 15 is 0 Å². The smallest absolute Gasteiger partial charge is 0.192 e. The summed E-state index contributed by atoms with van der Waals surface area (Å²) in [5.41, 5.74) is 0.810. The van der Waals surface area contributed by atoms with Crippen LogP contribution in [0.5, 0.6) is 0 Å². The van der Waals surface area contributed by atoms with Gasteiger partial charge in [-0.05, 0) is 64.5 Å². The number of fused-ring (bicyclic) bond motifs is 3. The molecule has 21 heavy (non-hydrogen) atoms. The summed E-state index contributed by atoms with van der Waals surface area (Å²) in [5, 5.41) is 1.75. The molecule has 0 unspecified atom stereocenters. The highest BCUT2D eigenvalue weighted by Crippen LogP contribution is 2.46. The number of aryl methyl sites for hydroxylation is 1. The maximum Gasteiger partial charge on any atom is 0.313 e. The number of piperidine rings is 2. The number of benzene rings is 1. The van der Waals surface area contributed by atoms with Crippen LogP contribution in [0.3, 0.4) is 0 Å². The minimum atomic E-state index is -3.74. The minimum absolute atomic E-state index is 0.213. The number of rotatable bonds is 3. The van der Waals surface area contributed by atoms with E-state index in [1.165, 1.54) is 12.8 Å². The Hall–Kier alpha value is -0.910. The van der Waals surface area contributed by atoms with Gasteiger partial charge in [-0.2, -0.15) is 17.8 Å². The summed E-state index contributed by atoms with van der Waals surface area (Å²) in [5.74, 6) is 0.510. The highest BCUT2D eigenvalue weighted by Gasteiger charge is 2.49. The molecule has 1 aromatic carbocycles. The Morgan fingerprint density at radius 3 is 2.19 bits per heavy atom. The van der Waals surface area contributed by atoms with Gasteiger partial charge in [0.25, 0.3) is 0 Å². The van der Waals surface area contributed by atoms with Crippen molar-refractivity contribution in [3.63, 3.8) is 0 Å². The van der Waals surface area contributed by atoms with Crippen molar-refractivity contribution in [2.24, 2.45) is 5.92 Å². The van der Waals surface area contributed by atoms with Crippen molar-refractivity contribution < 1.29 is 12.7 Å². The lowest BCUT2D eigenvalue weighted by Crippen LogP contribution is -2.61. The second kappa shape index (κ2) is 5.07. The molecule has 1 aromatic rings. The topological polar surface area (TPSA) is 46.6 Å². The van der Waals surface area contributed by atoms with Crippen LogP contribution in [0.15, 0.2) is 29.2 Å². The lowest BCUT2D eigenvalue weighted by molar-refractivity contribution is -0.224. The molecule has 0 N–H and O–H groups in total. The molecule has 1 aliphatic carbocycles. The third-order valence-corrected chi connectivity index (χ3v) is 6.29. The van der Waals surface area contributed by atoms with Crippen LogP contribution in [0.1, 0.15) is 45.1 Å². The monoisotopic (exact) mass is 309 g/mol. The van der Waals surface area contributed by atoms with Crippen LogP contribution in [0.4, 0.5) is 0 Å². The molecule has 4 nitrogen and oxygen atoms in total. The van der Waals surface area contributed by atoms with E-state index in [4.69, 9.17) is 4.28 Å². The third kappa shape index (κ3) is 2.62. The van der Waals surface area contributed by atoms with Gasteiger partial charge in [0.2, 0.25) is 0 Å². The molecule has 2 saturated heterocycles. The molecule has 1 saturated carbocycles. The van der Waals surface area contributed by atoms with Gasteiger partial charge in [-0.1, -0.05) is 17.7 Å². The van der Waals surface area contributed by atoms with Crippen LogP contribution < -0.4 is 0 Å². The van der Waals surface area contributed by atoms with Gasteiger partial charge in [-0.25, -0.2) is 0 Å². The summed E-state index contributed by atoms with van der Waals surface area (Å²) in [4.78, 5) is 0.227. The highest BCUT2D eigenvalue weighted by atomic mass is 32.2. The van der Waals surface area contributed by atoms with E-state index < -0.39 is 10.1 Å². The molecule has 2 heterocycles. The van der Waals surface area contributed by atoms with Gasteiger partial charge in [0.05, 0.1) is 4.90 Å². The Morgan fingerprint density at radius 1 is 1.10 bits per heavy atom. The standard InChI is InChI=1S/C16H23NO3S/c1-12-4-10-15(11-5-12)21(18,19)20-17-14-8-6-13(7-9-14)16(17,2)3/h4-5,10-11,13-14H,6-9H2,1-3H3. The minimum Gasteiger partial charge on any atom is -0.192 e. The second-order valence-corrected chi connectivity index (χ2v) is 8.36. The van der Waals surface area contributed by atoms with E-state index in [-0.39, 0.29) is 16.5 Å². The average molecular weight is 309 g/mol. The quantitative estimate of drug-likeness (QED) is 0.860. The second-order valence-electron chi connectivity index (χ2n) is 6.83. The third-order valence-electron chi connectivity index (χ3n) is 5.08. The summed E-state index contributed by atoms with van der Waals surface area (Å²) in [7, 11) is -3.74. The zero-order valence-electron chi connectivity index (χ0n) is 12.9. The molecule has 4 rings (SSSR count). The molecule has 0 amide bonds. The maximum atomic E-state index is 12.5. The van der Waals surface area contributed by atoms with E-state index in [2.05, 4.69) is 13.8 Å². The van der Waals surface area contributed by atoms with Gasteiger partial charge < -0.3 is 0 Å². The van der Waals surface area contributed by atoms with Gasteiger partial charge in [0, 0.05) is 11.6 Å². The maximum absolute atomic E-state index is 12.5. The van der Waals surface area contributed by atoms with Crippen LogP contribution in [0.2, 0.25) is 0 Å². The molecule has 2 aliphatic heterocycles. The van der Waals surface area contributed by atoms with Crippen molar-refractivity contribution >= 4 is 10.1 Å². The molecule has 0 aromatic heterocycles. The van der Waals surface area contributed by atoms with E-state index in [1.54, 1.807) is 29.3 Å². The summed E-state index contributed by atoms with van der Waals surface area (Å²) < 4.78 is 30.6. The summed E-state index contributed by atoms with van der Waals surface area (Å²) in [6.07, 6.45) is 4.39. The van der Waals surface area contributed by atoms with Crippen molar-refractivity contribution in [2.75, 3.05) is 0 Å². The van der Waals surface area contributed by atoms with Gasteiger partial charge >= 0.3 is 10.1 Å². The Kier molecular flexibility index (Phi) is 3.62. The van der Waals surface area contributed by atoms with Gasteiger partial charge in [-0.15, -0.1) is 0 Å². The molecule has 5 heteroatoms. The Labute approximate surface area is 127 Å². The number of hydrogen-bond acceptors (Lipinski definition) is 4. The SMILES string of the molecule is Cc1ccc(S(=O)(=O)ON2C3CCC(CC3)C2(C)C)cc1. The van der Waals surface area contributed by atoms with Crippen LogP contribution in [0.25, 0.3) is 0 Å². The normalized spacial score (nSPS) is 28.7. The van der Waals surface area contributed by atoms with Gasteiger partial charge in [0.15, 0.2) is 0 Å².